The molecule has 0 aliphatic carbocycles. The largest absolute Gasteiger partial charge is 0.454 e. The van der Waals surface area contributed by atoms with Crippen LogP contribution in [0.25, 0.3) is 10.9 Å². The highest BCUT2D eigenvalue weighted by molar-refractivity contribution is 6.09. The highest BCUT2D eigenvalue weighted by Gasteiger charge is 2.15. The number of rotatable bonds is 4. The average Bonchev–Trinajstić information content (AvgIpc) is 2.97. The summed E-state index contributed by atoms with van der Waals surface area (Å²) in [7, 11) is 0. The van der Waals surface area contributed by atoms with Crippen molar-refractivity contribution in [3.8, 4) is 0 Å². The average molecular weight is 297 g/mol. The summed E-state index contributed by atoms with van der Waals surface area (Å²) in [5, 5.41) is 0.783. The molecule has 4 nitrogen and oxygen atoms in total. The predicted octanol–water partition coefficient (Wildman–Crippen LogP) is 3.35. The van der Waals surface area contributed by atoms with E-state index in [0.29, 0.717) is 5.56 Å². The van der Waals surface area contributed by atoms with Gasteiger partial charge in [-0.15, -0.1) is 0 Å². The molecule has 1 N–H and O–H groups in total. The predicted molar refractivity (Wildman–Crippen MR) is 79.3 cm³/mol. The maximum Gasteiger partial charge on any atom is 0.338 e. The number of Topliss-reactive ketones (excluding diaryl/α,β-unsaturated/α-hetero) is 1. The van der Waals surface area contributed by atoms with Gasteiger partial charge in [0.25, 0.3) is 0 Å². The number of nitrogens with one attached hydrogen (secondary N) is 1. The van der Waals surface area contributed by atoms with E-state index in [0.717, 1.165) is 23.0 Å². The van der Waals surface area contributed by atoms with E-state index in [-0.39, 0.29) is 18.0 Å². The second-order valence-corrected chi connectivity index (χ2v) is 4.75. The Hall–Kier alpha value is -2.95. The number of carbonyl (C=O) groups is 2. The van der Waals surface area contributed by atoms with Crippen molar-refractivity contribution in [3.63, 3.8) is 0 Å². The smallest absolute Gasteiger partial charge is 0.338 e. The van der Waals surface area contributed by atoms with Gasteiger partial charge in [-0.3, -0.25) is 4.79 Å². The van der Waals surface area contributed by atoms with Crippen molar-refractivity contribution in [2.75, 3.05) is 6.61 Å². The summed E-state index contributed by atoms with van der Waals surface area (Å²) >= 11 is 0. The van der Waals surface area contributed by atoms with E-state index in [2.05, 4.69) is 4.98 Å². The topological polar surface area (TPSA) is 59.2 Å². The molecule has 0 bridgehead atoms. The maximum atomic E-state index is 12.8. The van der Waals surface area contributed by atoms with Crippen LogP contribution in [0.4, 0.5) is 4.39 Å². The molecular weight excluding hydrogens is 285 g/mol. The number of carbonyl (C=O) groups excluding carboxylic acids is 2. The fourth-order valence-corrected chi connectivity index (χ4v) is 2.18. The van der Waals surface area contributed by atoms with Crippen LogP contribution in [0.3, 0.4) is 0 Å². The molecule has 3 aromatic rings. The van der Waals surface area contributed by atoms with E-state index in [1.807, 2.05) is 24.3 Å². The molecule has 5 heteroatoms. The first kappa shape index (κ1) is 14.0. The van der Waals surface area contributed by atoms with Crippen LogP contribution in [0.2, 0.25) is 0 Å². The summed E-state index contributed by atoms with van der Waals surface area (Å²) in [5.74, 6) is -1.40. The van der Waals surface area contributed by atoms with Gasteiger partial charge < -0.3 is 9.72 Å². The van der Waals surface area contributed by atoms with Crippen molar-refractivity contribution in [2.24, 2.45) is 0 Å². The van der Waals surface area contributed by atoms with E-state index < -0.39 is 11.8 Å². The molecule has 0 saturated heterocycles. The SMILES string of the molecule is O=C(OCC(=O)c1c[nH]c2ccccc12)c1ccc(F)cc1. The zero-order valence-corrected chi connectivity index (χ0v) is 11.5. The number of hydrogen-bond donors (Lipinski definition) is 1. The van der Waals surface area contributed by atoms with Gasteiger partial charge in [-0.05, 0) is 30.3 Å². The van der Waals surface area contributed by atoms with Gasteiger partial charge in [-0.2, -0.15) is 0 Å². The Kier molecular flexibility index (Phi) is 3.70. The van der Waals surface area contributed by atoms with Gasteiger partial charge in [0, 0.05) is 22.7 Å². The molecule has 22 heavy (non-hydrogen) atoms. The normalized spacial score (nSPS) is 10.6. The van der Waals surface area contributed by atoms with Crippen LogP contribution in [-0.4, -0.2) is 23.3 Å². The summed E-state index contributed by atoms with van der Waals surface area (Å²) in [6, 6.07) is 12.3. The lowest BCUT2D eigenvalue weighted by Gasteiger charge is -2.04. The fourth-order valence-electron chi connectivity index (χ4n) is 2.18. The van der Waals surface area contributed by atoms with Gasteiger partial charge in [0.05, 0.1) is 5.56 Å². The highest BCUT2D eigenvalue weighted by atomic mass is 19.1. The highest BCUT2D eigenvalue weighted by Crippen LogP contribution is 2.18. The monoisotopic (exact) mass is 297 g/mol. The quantitative estimate of drug-likeness (QED) is 0.593. The van der Waals surface area contributed by atoms with Crippen molar-refractivity contribution in [1.29, 1.82) is 0 Å². The number of aromatic nitrogens is 1. The molecule has 0 aliphatic rings. The third kappa shape index (κ3) is 2.74. The first-order valence-electron chi connectivity index (χ1n) is 6.67. The molecule has 1 heterocycles. The van der Waals surface area contributed by atoms with Crippen LogP contribution in [0, 0.1) is 5.82 Å². The van der Waals surface area contributed by atoms with E-state index in [1.54, 1.807) is 6.20 Å². The van der Waals surface area contributed by atoms with E-state index in [4.69, 9.17) is 4.74 Å². The number of aromatic amines is 1. The van der Waals surface area contributed by atoms with Crippen LogP contribution in [0.5, 0.6) is 0 Å². The van der Waals surface area contributed by atoms with Crippen molar-refractivity contribution >= 4 is 22.7 Å². The van der Waals surface area contributed by atoms with E-state index in [9.17, 15) is 14.0 Å². The number of esters is 1. The molecule has 0 spiro atoms. The van der Waals surface area contributed by atoms with Crippen LogP contribution in [-0.2, 0) is 4.74 Å². The van der Waals surface area contributed by atoms with E-state index >= 15 is 0 Å². The molecule has 2 aromatic carbocycles. The standard InChI is InChI=1S/C17H12FNO3/c18-12-7-5-11(6-8-12)17(21)22-10-16(20)14-9-19-15-4-2-1-3-13(14)15/h1-9,19H,10H2. The van der Waals surface area contributed by atoms with Gasteiger partial charge in [-0.25, -0.2) is 9.18 Å². The van der Waals surface area contributed by atoms with Crippen molar-refractivity contribution in [1.82, 2.24) is 4.98 Å². The Morgan fingerprint density at radius 3 is 2.55 bits per heavy atom. The number of fused-ring (bicyclic) bond motifs is 1. The number of halogens is 1. The third-order valence-corrected chi connectivity index (χ3v) is 3.30. The Bertz CT molecular complexity index is 836. The summed E-state index contributed by atoms with van der Waals surface area (Å²) < 4.78 is 17.8. The van der Waals surface area contributed by atoms with Gasteiger partial charge in [-0.1, -0.05) is 18.2 Å². The van der Waals surface area contributed by atoms with Gasteiger partial charge in [0.1, 0.15) is 5.82 Å². The minimum Gasteiger partial charge on any atom is -0.454 e. The third-order valence-electron chi connectivity index (χ3n) is 3.30. The molecule has 0 unspecified atom stereocenters. The zero-order chi connectivity index (χ0) is 15.5. The summed E-state index contributed by atoms with van der Waals surface area (Å²) in [6.07, 6.45) is 1.60. The van der Waals surface area contributed by atoms with Crippen molar-refractivity contribution in [3.05, 3.63) is 71.7 Å². The molecule has 0 fully saturated rings. The van der Waals surface area contributed by atoms with Gasteiger partial charge >= 0.3 is 5.97 Å². The number of hydrogen-bond acceptors (Lipinski definition) is 3. The number of para-hydroxylation sites is 1. The number of ether oxygens (including phenoxy) is 1. The molecule has 0 radical (unpaired) electrons. The molecule has 3 rings (SSSR count). The minimum absolute atomic E-state index is 0.202. The first-order valence-corrected chi connectivity index (χ1v) is 6.67. The van der Waals surface area contributed by atoms with Gasteiger partial charge in [0.15, 0.2) is 6.61 Å². The van der Waals surface area contributed by atoms with Gasteiger partial charge in [0.2, 0.25) is 5.78 Å². The molecule has 0 atom stereocenters. The van der Waals surface area contributed by atoms with Crippen LogP contribution < -0.4 is 0 Å². The Balaban J connectivity index is 1.70. The van der Waals surface area contributed by atoms with Crippen LogP contribution in [0.1, 0.15) is 20.7 Å². The van der Waals surface area contributed by atoms with Crippen molar-refractivity contribution in [2.45, 2.75) is 0 Å². The van der Waals surface area contributed by atoms with E-state index in [1.165, 1.54) is 12.1 Å². The zero-order valence-electron chi connectivity index (χ0n) is 11.5. The number of H-pyrrole nitrogens is 1. The molecule has 0 aliphatic heterocycles. The lowest BCUT2D eigenvalue weighted by Crippen LogP contribution is -2.14. The van der Waals surface area contributed by atoms with Crippen LogP contribution >= 0.6 is 0 Å². The first-order chi connectivity index (χ1) is 10.6. The lowest BCUT2D eigenvalue weighted by molar-refractivity contribution is 0.0475. The Morgan fingerprint density at radius 1 is 1.05 bits per heavy atom. The molecule has 0 amide bonds. The minimum atomic E-state index is -0.659. The van der Waals surface area contributed by atoms with Crippen molar-refractivity contribution < 1.29 is 18.7 Å². The maximum absolute atomic E-state index is 12.8. The lowest BCUT2D eigenvalue weighted by atomic mass is 10.1. The Labute approximate surface area is 125 Å². The summed E-state index contributed by atoms with van der Waals surface area (Å²) in [4.78, 5) is 26.9. The van der Waals surface area contributed by atoms with Crippen LogP contribution in [0.15, 0.2) is 54.7 Å². The number of ketones is 1. The Morgan fingerprint density at radius 2 is 1.77 bits per heavy atom. The number of benzene rings is 2. The second-order valence-electron chi connectivity index (χ2n) is 4.75. The summed E-state index contributed by atoms with van der Waals surface area (Å²) in [6.45, 7) is -0.363. The molecule has 0 saturated carbocycles. The molecular formula is C17H12FNO3. The second kappa shape index (κ2) is 5.81. The fraction of sp³-hybridized carbons (Fsp3) is 0.0588. The molecule has 1 aromatic heterocycles. The molecule has 110 valence electrons. The summed E-state index contributed by atoms with van der Waals surface area (Å²) in [5.41, 5.74) is 1.52.